The lowest BCUT2D eigenvalue weighted by atomic mass is 10.1. The molecule has 2 heterocycles. The maximum atomic E-state index is 11.5. The van der Waals surface area contributed by atoms with Gasteiger partial charge in [0.2, 0.25) is 0 Å². The largest absolute Gasteiger partial charge is 0.469 e. The molecule has 0 N–H and O–H groups in total. The first-order valence-corrected chi connectivity index (χ1v) is 6.31. The molecule has 0 aromatic carbocycles. The molecule has 1 aliphatic rings. The van der Waals surface area contributed by atoms with E-state index in [0.29, 0.717) is 6.54 Å². The minimum atomic E-state index is -0.126. The van der Waals surface area contributed by atoms with Crippen LogP contribution < -0.4 is 4.90 Å². The van der Waals surface area contributed by atoms with Crippen LogP contribution in [0.2, 0.25) is 0 Å². The van der Waals surface area contributed by atoms with Gasteiger partial charge in [-0.05, 0) is 13.3 Å². The van der Waals surface area contributed by atoms with Crippen LogP contribution in [0, 0.1) is 12.8 Å². The molecule has 2 rings (SSSR count). The Labute approximate surface area is 107 Å². The van der Waals surface area contributed by atoms with E-state index in [-0.39, 0.29) is 11.9 Å². The molecular formula is C13H19N3O2. The standard InChI is InChI=1S/C13H19N3O2/c1-4-11-14-9(2)7-12(15-11)16-6-5-10(8-16)13(17)18-3/h7,10H,4-6,8H2,1-3H3. The van der Waals surface area contributed by atoms with Gasteiger partial charge in [0.1, 0.15) is 11.6 Å². The molecule has 0 aliphatic carbocycles. The minimum absolute atomic E-state index is 0.0321. The van der Waals surface area contributed by atoms with Crippen LogP contribution in [0.25, 0.3) is 0 Å². The lowest BCUT2D eigenvalue weighted by molar-refractivity contribution is -0.144. The highest BCUT2D eigenvalue weighted by Gasteiger charge is 2.29. The van der Waals surface area contributed by atoms with E-state index in [1.54, 1.807) is 0 Å². The number of methoxy groups -OCH3 is 1. The first-order chi connectivity index (χ1) is 8.63. The molecule has 5 heteroatoms. The van der Waals surface area contributed by atoms with Crippen molar-refractivity contribution in [3.05, 3.63) is 17.6 Å². The number of aryl methyl sites for hydroxylation is 2. The van der Waals surface area contributed by atoms with Gasteiger partial charge in [-0.2, -0.15) is 0 Å². The van der Waals surface area contributed by atoms with Crippen LogP contribution in [0.4, 0.5) is 5.82 Å². The van der Waals surface area contributed by atoms with E-state index in [1.165, 1.54) is 7.11 Å². The van der Waals surface area contributed by atoms with E-state index < -0.39 is 0 Å². The summed E-state index contributed by atoms with van der Waals surface area (Å²) in [7, 11) is 1.44. The summed E-state index contributed by atoms with van der Waals surface area (Å²) >= 11 is 0. The number of carbonyl (C=O) groups excluding carboxylic acids is 1. The zero-order chi connectivity index (χ0) is 13.1. The molecule has 98 valence electrons. The highest BCUT2D eigenvalue weighted by atomic mass is 16.5. The third-order valence-electron chi connectivity index (χ3n) is 3.25. The lowest BCUT2D eigenvalue weighted by Gasteiger charge is -2.18. The number of aromatic nitrogens is 2. The molecule has 0 bridgehead atoms. The fourth-order valence-electron chi connectivity index (χ4n) is 2.26. The summed E-state index contributed by atoms with van der Waals surface area (Å²) < 4.78 is 4.79. The van der Waals surface area contributed by atoms with Crippen molar-refractivity contribution in [2.24, 2.45) is 5.92 Å². The monoisotopic (exact) mass is 249 g/mol. The molecule has 1 atom stereocenters. The predicted molar refractivity (Wildman–Crippen MR) is 68.5 cm³/mol. The van der Waals surface area contributed by atoms with Crippen molar-refractivity contribution in [3.8, 4) is 0 Å². The highest BCUT2D eigenvalue weighted by Crippen LogP contribution is 2.23. The zero-order valence-corrected chi connectivity index (χ0v) is 11.1. The zero-order valence-electron chi connectivity index (χ0n) is 11.1. The van der Waals surface area contributed by atoms with Gasteiger partial charge in [0.05, 0.1) is 13.0 Å². The Morgan fingerprint density at radius 3 is 3.00 bits per heavy atom. The third kappa shape index (κ3) is 2.60. The SMILES string of the molecule is CCc1nc(C)cc(N2CCC(C(=O)OC)C2)n1. The maximum Gasteiger partial charge on any atom is 0.310 e. The van der Waals surface area contributed by atoms with Crippen molar-refractivity contribution in [2.75, 3.05) is 25.1 Å². The molecule has 1 fully saturated rings. The van der Waals surface area contributed by atoms with Gasteiger partial charge in [0, 0.05) is 31.3 Å². The van der Waals surface area contributed by atoms with E-state index in [0.717, 1.165) is 36.7 Å². The van der Waals surface area contributed by atoms with Crippen molar-refractivity contribution in [3.63, 3.8) is 0 Å². The number of hydrogen-bond donors (Lipinski definition) is 0. The van der Waals surface area contributed by atoms with Gasteiger partial charge in [0.15, 0.2) is 0 Å². The third-order valence-corrected chi connectivity index (χ3v) is 3.25. The smallest absolute Gasteiger partial charge is 0.310 e. The molecule has 1 saturated heterocycles. The minimum Gasteiger partial charge on any atom is -0.469 e. The van der Waals surface area contributed by atoms with E-state index >= 15 is 0 Å². The summed E-state index contributed by atoms with van der Waals surface area (Å²) in [5.74, 6) is 1.62. The number of nitrogens with zero attached hydrogens (tertiary/aromatic N) is 3. The van der Waals surface area contributed by atoms with Crippen molar-refractivity contribution in [1.82, 2.24) is 9.97 Å². The van der Waals surface area contributed by atoms with Crippen LogP contribution in [0.3, 0.4) is 0 Å². The Morgan fingerprint density at radius 1 is 1.56 bits per heavy atom. The van der Waals surface area contributed by atoms with Crippen LogP contribution in [0.15, 0.2) is 6.07 Å². The molecule has 0 radical (unpaired) electrons. The van der Waals surface area contributed by atoms with Crippen LogP contribution in [0.1, 0.15) is 24.9 Å². The fraction of sp³-hybridized carbons (Fsp3) is 0.615. The van der Waals surface area contributed by atoms with E-state index in [4.69, 9.17) is 4.74 Å². The van der Waals surface area contributed by atoms with Gasteiger partial charge in [0.25, 0.3) is 0 Å². The van der Waals surface area contributed by atoms with Crippen LogP contribution in [-0.2, 0) is 16.0 Å². The summed E-state index contributed by atoms with van der Waals surface area (Å²) in [4.78, 5) is 22.5. The summed E-state index contributed by atoms with van der Waals surface area (Å²) in [6.45, 7) is 5.55. The Morgan fingerprint density at radius 2 is 2.33 bits per heavy atom. The second kappa shape index (κ2) is 5.33. The molecule has 0 amide bonds. The number of rotatable bonds is 3. The Hall–Kier alpha value is -1.65. The number of anilines is 1. The first-order valence-electron chi connectivity index (χ1n) is 6.31. The van der Waals surface area contributed by atoms with Crippen LogP contribution in [0.5, 0.6) is 0 Å². The molecule has 0 spiro atoms. The van der Waals surface area contributed by atoms with E-state index in [1.807, 2.05) is 19.9 Å². The molecule has 1 aliphatic heterocycles. The maximum absolute atomic E-state index is 11.5. The molecule has 0 saturated carbocycles. The second-order valence-electron chi connectivity index (χ2n) is 4.59. The number of hydrogen-bond acceptors (Lipinski definition) is 5. The highest BCUT2D eigenvalue weighted by molar-refractivity contribution is 5.74. The van der Waals surface area contributed by atoms with Crippen molar-refractivity contribution in [1.29, 1.82) is 0 Å². The molecule has 5 nitrogen and oxygen atoms in total. The average molecular weight is 249 g/mol. The van der Waals surface area contributed by atoms with Gasteiger partial charge >= 0.3 is 5.97 Å². The normalized spacial score (nSPS) is 19.1. The summed E-state index contributed by atoms with van der Waals surface area (Å²) in [5.41, 5.74) is 0.971. The number of ether oxygens (including phenoxy) is 1. The molecule has 1 unspecified atom stereocenters. The van der Waals surface area contributed by atoms with Crippen molar-refractivity contribution in [2.45, 2.75) is 26.7 Å². The summed E-state index contributed by atoms with van der Waals surface area (Å²) in [6.07, 6.45) is 1.65. The van der Waals surface area contributed by atoms with Crippen molar-refractivity contribution >= 4 is 11.8 Å². The number of carbonyl (C=O) groups is 1. The summed E-state index contributed by atoms with van der Waals surface area (Å²) in [5, 5.41) is 0. The van der Waals surface area contributed by atoms with Gasteiger partial charge in [-0.1, -0.05) is 6.92 Å². The van der Waals surface area contributed by atoms with Crippen molar-refractivity contribution < 1.29 is 9.53 Å². The number of esters is 1. The fourth-order valence-corrected chi connectivity index (χ4v) is 2.26. The molecule has 1 aromatic rings. The van der Waals surface area contributed by atoms with E-state index in [2.05, 4.69) is 14.9 Å². The Bertz CT molecular complexity index is 448. The second-order valence-corrected chi connectivity index (χ2v) is 4.59. The van der Waals surface area contributed by atoms with Gasteiger partial charge in [-0.3, -0.25) is 4.79 Å². The van der Waals surface area contributed by atoms with E-state index in [9.17, 15) is 4.79 Å². The lowest BCUT2D eigenvalue weighted by Crippen LogP contribution is -2.24. The Balaban J connectivity index is 2.14. The molecule has 18 heavy (non-hydrogen) atoms. The predicted octanol–water partition coefficient (Wildman–Crippen LogP) is 1.35. The van der Waals surface area contributed by atoms with Gasteiger partial charge in [-0.15, -0.1) is 0 Å². The topological polar surface area (TPSA) is 55.3 Å². The molecular weight excluding hydrogens is 230 g/mol. The quantitative estimate of drug-likeness (QED) is 0.757. The summed E-state index contributed by atoms with van der Waals surface area (Å²) in [6, 6.07) is 1.97. The Kier molecular flexibility index (Phi) is 3.79. The van der Waals surface area contributed by atoms with Gasteiger partial charge < -0.3 is 9.64 Å². The van der Waals surface area contributed by atoms with Crippen LogP contribution >= 0.6 is 0 Å². The molecule has 1 aromatic heterocycles. The average Bonchev–Trinajstić information content (AvgIpc) is 2.86. The first kappa shape index (κ1) is 12.8. The van der Waals surface area contributed by atoms with Crippen LogP contribution in [-0.4, -0.2) is 36.1 Å². The van der Waals surface area contributed by atoms with Gasteiger partial charge in [-0.25, -0.2) is 9.97 Å².